The monoisotopic (exact) mass is 379 g/mol. The Morgan fingerprint density at radius 2 is 2.04 bits per heavy atom. The number of nitrogens with one attached hydrogen (secondary N) is 1. The van der Waals surface area contributed by atoms with Gasteiger partial charge in [0, 0.05) is 36.7 Å². The molecule has 1 amide bonds. The summed E-state index contributed by atoms with van der Waals surface area (Å²) >= 11 is 0. The molecule has 27 heavy (non-hydrogen) atoms. The summed E-state index contributed by atoms with van der Waals surface area (Å²) in [6.45, 7) is 6.21. The molecule has 0 bridgehead atoms. The molecule has 146 valence electrons. The molecule has 1 saturated heterocycles. The molecular formula is C16H21N5O6. The number of nitro benzene ring substituents is 2. The first-order valence-electron chi connectivity index (χ1n) is 8.43. The number of carbonyl (C=O) groups excluding carboxylic acids is 1. The van der Waals surface area contributed by atoms with Crippen LogP contribution in [0.5, 0.6) is 0 Å². The molecule has 0 aliphatic carbocycles. The Labute approximate surface area is 155 Å². The zero-order valence-corrected chi connectivity index (χ0v) is 15.2. The third-order valence-electron chi connectivity index (χ3n) is 4.29. The van der Waals surface area contributed by atoms with Crippen LogP contribution in [0.2, 0.25) is 0 Å². The Morgan fingerprint density at radius 3 is 2.63 bits per heavy atom. The van der Waals surface area contributed by atoms with E-state index in [0.717, 1.165) is 11.8 Å². The van der Waals surface area contributed by atoms with Gasteiger partial charge in [-0.1, -0.05) is 6.92 Å². The Hall–Kier alpha value is -3.24. The highest BCUT2D eigenvalue weighted by atomic mass is 16.6. The van der Waals surface area contributed by atoms with Crippen LogP contribution in [-0.4, -0.2) is 45.7 Å². The van der Waals surface area contributed by atoms with Crippen LogP contribution in [-0.2, 0) is 4.74 Å². The number of likely N-dealkylation sites (tertiary alicyclic amines) is 1. The summed E-state index contributed by atoms with van der Waals surface area (Å²) in [5, 5.41) is 26.2. The van der Waals surface area contributed by atoms with Gasteiger partial charge in [-0.25, -0.2) is 4.79 Å². The topological polar surface area (TPSA) is 140 Å². The molecule has 1 aromatic carbocycles. The van der Waals surface area contributed by atoms with Crippen LogP contribution in [0.4, 0.5) is 21.9 Å². The Bertz CT molecular complexity index is 781. The van der Waals surface area contributed by atoms with Crippen LogP contribution in [0.15, 0.2) is 23.3 Å². The van der Waals surface area contributed by atoms with Gasteiger partial charge in [-0.3, -0.25) is 25.7 Å². The summed E-state index contributed by atoms with van der Waals surface area (Å²) in [4.78, 5) is 34.2. The van der Waals surface area contributed by atoms with E-state index in [4.69, 9.17) is 4.74 Å². The van der Waals surface area contributed by atoms with Crippen LogP contribution in [0.3, 0.4) is 0 Å². The maximum atomic E-state index is 12.0. The normalized spacial score (nSPS) is 21.0. The van der Waals surface area contributed by atoms with E-state index in [0.29, 0.717) is 19.6 Å². The number of rotatable bonds is 5. The third kappa shape index (κ3) is 4.68. The van der Waals surface area contributed by atoms with E-state index in [1.807, 2.05) is 13.8 Å². The summed E-state index contributed by atoms with van der Waals surface area (Å²) in [6.07, 6.45) is 0.100. The highest BCUT2D eigenvalue weighted by Crippen LogP contribution is 2.29. The number of hydrazone groups is 1. The number of benzene rings is 1. The van der Waals surface area contributed by atoms with Crippen molar-refractivity contribution < 1.29 is 19.4 Å². The van der Waals surface area contributed by atoms with Gasteiger partial charge in [0.05, 0.1) is 22.5 Å². The number of anilines is 1. The Balaban J connectivity index is 2.17. The minimum Gasteiger partial charge on any atom is -0.450 e. The van der Waals surface area contributed by atoms with Gasteiger partial charge < -0.3 is 9.64 Å². The van der Waals surface area contributed by atoms with E-state index in [2.05, 4.69) is 10.5 Å². The minimum atomic E-state index is -0.703. The first-order chi connectivity index (χ1) is 12.7. The van der Waals surface area contributed by atoms with Crippen LogP contribution in [0, 0.1) is 26.1 Å². The molecule has 1 aliphatic rings. The van der Waals surface area contributed by atoms with Gasteiger partial charge in [0.2, 0.25) is 0 Å². The molecule has 1 heterocycles. The number of non-ortho nitro benzene ring substituents is 1. The minimum absolute atomic E-state index is 0.0609. The van der Waals surface area contributed by atoms with Gasteiger partial charge in [0.1, 0.15) is 5.69 Å². The van der Waals surface area contributed by atoms with Crippen molar-refractivity contribution in [1.29, 1.82) is 0 Å². The molecule has 0 radical (unpaired) electrons. The van der Waals surface area contributed by atoms with Gasteiger partial charge in [-0.15, -0.1) is 0 Å². The summed E-state index contributed by atoms with van der Waals surface area (Å²) < 4.78 is 5.04. The van der Waals surface area contributed by atoms with Crippen molar-refractivity contribution >= 4 is 28.9 Å². The average Bonchev–Trinajstić information content (AvgIpc) is 2.61. The first kappa shape index (κ1) is 20.1. The Kier molecular flexibility index (Phi) is 6.27. The predicted octanol–water partition coefficient (Wildman–Crippen LogP) is 3.16. The van der Waals surface area contributed by atoms with E-state index in [9.17, 15) is 25.0 Å². The molecule has 1 fully saturated rings. The number of hydrogen-bond acceptors (Lipinski definition) is 8. The fraction of sp³-hybridized carbons (Fsp3) is 0.500. The van der Waals surface area contributed by atoms with Crippen LogP contribution in [0.1, 0.15) is 27.2 Å². The van der Waals surface area contributed by atoms with E-state index >= 15 is 0 Å². The first-order valence-corrected chi connectivity index (χ1v) is 8.43. The number of ether oxygens (including phenoxy) is 1. The lowest BCUT2D eigenvalue weighted by Gasteiger charge is -2.36. The second-order valence-corrected chi connectivity index (χ2v) is 6.24. The lowest BCUT2D eigenvalue weighted by Crippen LogP contribution is -2.49. The Morgan fingerprint density at radius 1 is 1.33 bits per heavy atom. The van der Waals surface area contributed by atoms with Gasteiger partial charge in [-0.05, 0) is 19.9 Å². The second kappa shape index (κ2) is 8.43. The summed E-state index contributed by atoms with van der Waals surface area (Å²) in [7, 11) is 0. The van der Waals surface area contributed by atoms with Gasteiger partial charge in [0.15, 0.2) is 0 Å². The standard InChI is InChI=1S/C16H21N5O6/c1-4-27-16(22)19-9-10(2)14(7-11(19)3)18-17-13-6-5-12(20(23)24)8-15(13)21(25)26/h5-6,8,10-11,17H,4,7,9H2,1-3H3/b18-14+. The fourth-order valence-corrected chi connectivity index (χ4v) is 2.82. The molecule has 11 heteroatoms. The van der Waals surface area contributed by atoms with Crippen molar-refractivity contribution in [2.75, 3.05) is 18.6 Å². The lowest BCUT2D eigenvalue weighted by molar-refractivity contribution is -0.393. The lowest BCUT2D eigenvalue weighted by atomic mass is 9.93. The number of carbonyl (C=O) groups is 1. The van der Waals surface area contributed by atoms with E-state index in [1.54, 1.807) is 11.8 Å². The molecule has 11 nitrogen and oxygen atoms in total. The molecule has 0 aromatic heterocycles. The second-order valence-electron chi connectivity index (χ2n) is 6.24. The number of nitro groups is 2. The molecule has 2 rings (SSSR count). The zero-order chi connectivity index (χ0) is 20.1. The van der Waals surface area contributed by atoms with Crippen LogP contribution < -0.4 is 5.43 Å². The molecule has 1 aromatic rings. The van der Waals surface area contributed by atoms with Gasteiger partial charge in [-0.2, -0.15) is 5.10 Å². The fourth-order valence-electron chi connectivity index (χ4n) is 2.82. The van der Waals surface area contributed by atoms with Crippen molar-refractivity contribution in [1.82, 2.24) is 4.90 Å². The quantitative estimate of drug-likeness (QED) is 0.612. The summed E-state index contributed by atoms with van der Waals surface area (Å²) in [5.74, 6) is -0.0739. The van der Waals surface area contributed by atoms with Crippen molar-refractivity contribution in [2.45, 2.75) is 33.2 Å². The molecule has 1 N–H and O–H groups in total. The van der Waals surface area contributed by atoms with E-state index < -0.39 is 15.5 Å². The SMILES string of the molecule is CCOC(=O)N1CC(C)/C(=N/Nc2ccc([N+](=O)[O-])cc2[N+](=O)[O-])CC1C. The van der Waals surface area contributed by atoms with Crippen molar-refractivity contribution in [3.8, 4) is 0 Å². The maximum absolute atomic E-state index is 12.0. The average molecular weight is 379 g/mol. The van der Waals surface area contributed by atoms with Crippen LogP contribution >= 0.6 is 0 Å². The maximum Gasteiger partial charge on any atom is 0.410 e. The summed E-state index contributed by atoms with van der Waals surface area (Å²) in [6, 6.07) is 3.18. The smallest absolute Gasteiger partial charge is 0.410 e. The zero-order valence-electron chi connectivity index (χ0n) is 15.2. The van der Waals surface area contributed by atoms with Crippen molar-refractivity contribution in [3.63, 3.8) is 0 Å². The van der Waals surface area contributed by atoms with Gasteiger partial charge in [0.25, 0.3) is 5.69 Å². The number of hydrogen-bond donors (Lipinski definition) is 1. The molecular weight excluding hydrogens is 358 g/mol. The number of amides is 1. The van der Waals surface area contributed by atoms with Crippen LogP contribution in [0.25, 0.3) is 0 Å². The highest BCUT2D eigenvalue weighted by Gasteiger charge is 2.32. The largest absolute Gasteiger partial charge is 0.450 e. The number of nitrogens with zero attached hydrogens (tertiary/aromatic N) is 4. The number of piperidine rings is 1. The molecule has 0 spiro atoms. The van der Waals surface area contributed by atoms with E-state index in [1.165, 1.54) is 12.1 Å². The predicted molar refractivity (Wildman–Crippen MR) is 97.8 cm³/mol. The van der Waals surface area contributed by atoms with E-state index in [-0.39, 0.29) is 29.4 Å². The molecule has 2 unspecified atom stereocenters. The van der Waals surface area contributed by atoms with Crippen molar-refractivity contribution in [2.24, 2.45) is 11.0 Å². The molecule has 2 atom stereocenters. The van der Waals surface area contributed by atoms with Gasteiger partial charge >= 0.3 is 11.8 Å². The molecule has 0 saturated carbocycles. The highest BCUT2D eigenvalue weighted by molar-refractivity contribution is 5.90. The summed E-state index contributed by atoms with van der Waals surface area (Å²) in [5.41, 5.74) is 2.64. The van der Waals surface area contributed by atoms with Crippen molar-refractivity contribution in [3.05, 3.63) is 38.4 Å². The molecule has 1 aliphatic heterocycles. The third-order valence-corrected chi connectivity index (χ3v) is 4.29.